The SMILES string of the molecule is CCN1CCC(CNCc2cccc(OC)c2OC)CC1. The Morgan fingerprint density at radius 3 is 2.57 bits per heavy atom. The average molecular weight is 292 g/mol. The number of ether oxygens (including phenoxy) is 2. The van der Waals surface area contributed by atoms with Gasteiger partial charge in [-0.3, -0.25) is 0 Å². The van der Waals surface area contributed by atoms with Crippen LogP contribution in [0.2, 0.25) is 0 Å². The van der Waals surface area contributed by atoms with Gasteiger partial charge in [0.25, 0.3) is 0 Å². The van der Waals surface area contributed by atoms with E-state index in [2.05, 4.69) is 23.2 Å². The molecule has 21 heavy (non-hydrogen) atoms. The third-order valence-corrected chi connectivity index (χ3v) is 4.39. The van der Waals surface area contributed by atoms with E-state index in [0.29, 0.717) is 0 Å². The smallest absolute Gasteiger partial charge is 0.165 e. The summed E-state index contributed by atoms with van der Waals surface area (Å²) in [6.45, 7) is 7.82. The highest BCUT2D eigenvalue weighted by Gasteiger charge is 2.17. The normalized spacial score (nSPS) is 16.9. The second-order valence-electron chi connectivity index (χ2n) is 5.66. The Kier molecular flexibility index (Phi) is 6.33. The topological polar surface area (TPSA) is 33.7 Å². The van der Waals surface area contributed by atoms with Gasteiger partial charge in [0.15, 0.2) is 11.5 Å². The summed E-state index contributed by atoms with van der Waals surface area (Å²) in [7, 11) is 3.37. The number of methoxy groups -OCH3 is 2. The summed E-state index contributed by atoms with van der Waals surface area (Å²) in [4.78, 5) is 2.53. The summed E-state index contributed by atoms with van der Waals surface area (Å²) in [5, 5.41) is 3.58. The highest BCUT2D eigenvalue weighted by molar-refractivity contribution is 5.46. The van der Waals surface area contributed by atoms with E-state index in [-0.39, 0.29) is 0 Å². The van der Waals surface area contributed by atoms with Crippen molar-refractivity contribution in [2.45, 2.75) is 26.3 Å². The highest BCUT2D eigenvalue weighted by Crippen LogP contribution is 2.30. The molecule has 1 N–H and O–H groups in total. The molecule has 1 saturated heterocycles. The molecule has 4 nitrogen and oxygen atoms in total. The van der Waals surface area contributed by atoms with Crippen LogP contribution in [0.3, 0.4) is 0 Å². The van der Waals surface area contributed by atoms with Crippen LogP contribution in [0.25, 0.3) is 0 Å². The maximum absolute atomic E-state index is 5.47. The van der Waals surface area contributed by atoms with E-state index in [1.807, 2.05) is 12.1 Å². The fraction of sp³-hybridized carbons (Fsp3) is 0.647. The van der Waals surface area contributed by atoms with Crippen LogP contribution in [0.1, 0.15) is 25.3 Å². The minimum atomic E-state index is 0.796. The molecular weight excluding hydrogens is 264 g/mol. The van der Waals surface area contributed by atoms with Crippen molar-refractivity contribution in [2.75, 3.05) is 40.4 Å². The van der Waals surface area contributed by atoms with Crippen molar-refractivity contribution in [1.29, 1.82) is 0 Å². The molecular formula is C17H28N2O2. The first kappa shape index (κ1) is 16.1. The molecule has 1 fully saturated rings. The standard InChI is InChI=1S/C17H28N2O2/c1-4-19-10-8-14(9-11-19)12-18-13-15-6-5-7-16(20-2)17(15)21-3/h5-7,14,18H,4,8-13H2,1-3H3. The molecule has 1 aliphatic rings. The summed E-state index contributed by atoms with van der Waals surface area (Å²) in [6.07, 6.45) is 2.60. The van der Waals surface area contributed by atoms with E-state index >= 15 is 0 Å². The second-order valence-corrected chi connectivity index (χ2v) is 5.66. The molecule has 1 aromatic carbocycles. The van der Waals surface area contributed by atoms with E-state index in [4.69, 9.17) is 9.47 Å². The Morgan fingerprint density at radius 1 is 1.19 bits per heavy atom. The van der Waals surface area contributed by atoms with Crippen LogP contribution >= 0.6 is 0 Å². The molecule has 0 aromatic heterocycles. The largest absolute Gasteiger partial charge is 0.493 e. The van der Waals surface area contributed by atoms with E-state index in [1.165, 1.54) is 32.5 Å². The molecule has 0 radical (unpaired) electrons. The molecule has 0 aliphatic carbocycles. The Morgan fingerprint density at radius 2 is 1.95 bits per heavy atom. The molecule has 0 atom stereocenters. The number of benzene rings is 1. The van der Waals surface area contributed by atoms with Gasteiger partial charge >= 0.3 is 0 Å². The number of para-hydroxylation sites is 1. The number of piperidine rings is 1. The van der Waals surface area contributed by atoms with Gasteiger partial charge in [-0.1, -0.05) is 19.1 Å². The Labute approximate surface area is 128 Å². The summed E-state index contributed by atoms with van der Waals surface area (Å²) in [5.74, 6) is 2.44. The predicted octanol–water partition coefficient (Wildman–Crippen LogP) is 2.53. The summed E-state index contributed by atoms with van der Waals surface area (Å²) in [6, 6.07) is 6.04. The number of hydrogen-bond acceptors (Lipinski definition) is 4. The minimum Gasteiger partial charge on any atom is -0.493 e. The van der Waals surface area contributed by atoms with Crippen LogP contribution in [0, 0.1) is 5.92 Å². The van der Waals surface area contributed by atoms with Crippen LogP contribution in [-0.4, -0.2) is 45.3 Å². The Hall–Kier alpha value is -1.26. The first-order valence-electron chi connectivity index (χ1n) is 7.91. The lowest BCUT2D eigenvalue weighted by Crippen LogP contribution is -2.36. The molecule has 0 bridgehead atoms. The fourth-order valence-electron chi connectivity index (χ4n) is 3.01. The number of hydrogen-bond donors (Lipinski definition) is 1. The van der Waals surface area contributed by atoms with Gasteiger partial charge in [-0.05, 0) is 51.0 Å². The predicted molar refractivity (Wildman–Crippen MR) is 86.1 cm³/mol. The number of nitrogens with zero attached hydrogens (tertiary/aromatic N) is 1. The molecule has 2 rings (SSSR count). The number of rotatable bonds is 7. The molecule has 0 spiro atoms. The van der Waals surface area contributed by atoms with Crippen LogP contribution in [0.4, 0.5) is 0 Å². The molecule has 4 heteroatoms. The van der Waals surface area contributed by atoms with E-state index < -0.39 is 0 Å². The minimum absolute atomic E-state index is 0.796. The second kappa shape index (κ2) is 8.25. The van der Waals surface area contributed by atoms with Crippen LogP contribution in [0.15, 0.2) is 18.2 Å². The lowest BCUT2D eigenvalue weighted by atomic mass is 9.97. The lowest BCUT2D eigenvalue weighted by molar-refractivity contribution is 0.190. The van der Waals surface area contributed by atoms with Crippen LogP contribution in [-0.2, 0) is 6.54 Å². The molecule has 1 aliphatic heterocycles. The molecule has 0 unspecified atom stereocenters. The Balaban J connectivity index is 1.81. The first-order valence-corrected chi connectivity index (χ1v) is 7.91. The highest BCUT2D eigenvalue weighted by atomic mass is 16.5. The molecule has 1 aromatic rings. The van der Waals surface area contributed by atoms with E-state index in [1.54, 1.807) is 14.2 Å². The van der Waals surface area contributed by atoms with E-state index in [9.17, 15) is 0 Å². The summed E-state index contributed by atoms with van der Waals surface area (Å²) >= 11 is 0. The summed E-state index contributed by atoms with van der Waals surface area (Å²) in [5.41, 5.74) is 1.16. The van der Waals surface area contributed by atoms with Crippen LogP contribution in [0.5, 0.6) is 11.5 Å². The van der Waals surface area contributed by atoms with Gasteiger partial charge in [-0.25, -0.2) is 0 Å². The maximum Gasteiger partial charge on any atom is 0.165 e. The van der Waals surface area contributed by atoms with Gasteiger partial charge < -0.3 is 19.7 Å². The lowest BCUT2D eigenvalue weighted by Gasteiger charge is -2.31. The van der Waals surface area contributed by atoms with E-state index in [0.717, 1.165) is 36.1 Å². The third-order valence-electron chi connectivity index (χ3n) is 4.39. The molecule has 1 heterocycles. The van der Waals surface area contributed by atoms with Crippen LogP contribution < -0.4 is 14.8 Å². The quantitative estimate of drug-likeness (QED) is 0.837. The zero-order chi connectivity index (χ0) is 15.1. The first-order chi connectivity index (χ1) is 10.3. The van der Waals surface area contributed by atoms with Crippen molar-refractivity contribution in [3.8, 4) is 11.5 Å². The van der Waals surface area contributed by atoms with Gasteiger partial charge in [0.2, 0.25) is 0 Å². The number of likely N-dealkylation sites (tertiary alicyclic amines) is 1. The zero-order valence-corrected chi connectivity index (χ0v) is 13.5. The van der Waals surface area contributed by atoms with Crippen molar-refractivity contribution < 1.29 is 9.47 Å². The van der Waals surface area contributed by atoms with Gasteiger partial charge in [-0.2, -0.15) is 0 Å². The van der Waals surface area contributed by atoms with Gasteiger partial charge in [-0.15, -0.1) is 0 Å². The molecule has 0 saturated carbocycles. The number of nitrogens with one attached hydrogen (secondary N) is 1. The van der Waals surface area contributed by atoms with Crippen molar-refractivity contribution >= 4 is 0 Å². The van der Waals surface area contributed by atoms with Crippen molar-refractivity contribution in [1.82, 2.24) is 10.2 Å². The van der Waals surface area contributed by atoms with Crippen molar-refractivity contribution in [3.63, 3.8) is 0 Å². The molecule has 0 amide bonds. The zero-order valence-electron chi connectivity index (χ0n) is 13.5. The van der Waals surface area contributed by atoms with Crippen molar-refractivity contribution in [2.24, 2.45) is 5.92 Å². The Bertz CT molecular complexity index is 429. The monoisotopic (exact) mass is 292 g/mol. The average Bonchev–Trinajstić information content (AvgIpc) is 2.55. The molecule has 118 valence electrons. The van der Waals surface area contributed by atoms with Gasteiger partial charge in [0.1, 0.15) is 0 Å². The summed E-state index contributed by atoms with van der Waals surface area (Å²) < 4.78 is 10.8. The third kappa shape index (κ3) is 4.35. The fourth-order valence-corrected chi connectivity index (χ4v) is 3.01. The van der Waals surface area contributed by atoms with Gasteiger partial charge in [0.05, 0.1) is 14.2 Å². The van der Waals surface area contributed by atoms with Gasteiger partial charge in [0, 0.05) is 12.1 Å². The van der Waals surface area contributed by atoms with Crippen molar-refractivity contribution in [3.05, 3.63) is 23.8 Å². The maximum atomic E-state index is 5.47.